The summed E-state index contributed by atoms with van der Waals surface area (Å²) in [7, 11) is 0. The zero-order chi connectivity index (χ0) is 20.3. The molecule has 1 atom stereocenters. The van der Waals surface area contributed by atoms with Crippen LogP contribution in [0.4, 0.5) is 31.5 Å². The van der Waals surface area contributed by atoms with E-state index in [1.807, 2.05) is 0 Å². The molecule has 1 amide bonds. The molecule has 1 unspecified atom stereocenters. The van der Waals surface area contributed by atoms with E-state index < -0.39 is 43.7 Å². The number of nitrogens with zero attached hydrogens (tertiary/aromatic N) is 2. The number of hydrogen-bond donors (Lipinski definition) is 1. The van der Waals surface area contributed by atoms with E-state index >= 15 is 0 Å². The van der Waals surface area contributed by atoms with Gasteiger partial charge in [-0.25, -0.2) is 0 Å². The number of halogens is 8. The summed E-state index contributed by atoms with van der Waals surface area (Å²) >= 11 is 12.2. The van der Waals surface area contributed by atoms with Crippen LogP contribution in [0.2, 0.25) is 0 Å². The Bertz CT molecular complexity index is 880. The van der Waals surface area contributed by atoms with Gasteiger partial charge in [0.05, 0.1) is 5.56 Å². The van der Waals surface area contributed by atoms with Gasteiger partial charge in [0.15, 0.2) is 0 Å². The molecule has 27 heavy (non-hydrogen) atoms. The van der Waals surface area contributed by atoms with Crippen LogP contribution in [0.3, 0.4) is 0 Å². The molecule has 13 heteroatoms. The molecule has 0 radical (unpaired) electrons. The summed E-state index contributed by atoms with van der Waals surface area (Å²) < 4.78 is 74.1. The second kappa shape index (κ2) is 6.21. The van der Waals surface area contributed by atoms with Gasteiger partial charge in [0.1, 0.15) is 9.75 Å². The molecule has 1 aliphatic carbocycles. The lowest BCUT2D eigenvalue weighted by Gasteiger charge is -2.18. The molecule has 146 valence electrons. The number of aromatic nitrogens is 2. The van der Waals surface area contributed by atoms with E-state index in [2.05, 4.69) is 15.5 Å². The molecule has 3 rings (SSSR count). The molecule has 0 saturated heterocycles. The zero-order valence-electron chi connectivity index (χ0n) is 12.8. The fourth-order valence-corrected chi connectivity index (χ4v) is 3.91. The van der Waals surface area contributed by atoms with Crippen molar-refractivity contribution in [3.8, 4) is 0 Å². The molecule has 1 N–H and O–H groups in total. The van der Waals surface area contributed by atoms with Gasteiger partial charge in [-0.3, -0.25) is 10.1 Å². The Morgan fingerprint density at radius 3 is 2.00 bits per heavy atom. The highest BCUT2D eigenvalue weighted by Gasteiger charge is 2.72. The van der Waals surface area contributed by atoms with Gasteiger partial charge in [-0.05, 0) is 17.7 Å². The minimum atomic E-state index is -4.73. The van der Waals surface area contributed by atoms with Gasteiger partial charge >= 0.3 is 12.4 Å². The van der Waals surface area contributed by atoms with Crippen LogP contribution in [-0.2, 0) is 22.6 Å². The molecule has 1 heterocycles. The maximum absolute atomic E-state index is 12.7. The van der Waals surface area contributed by atoms with Gasteiger partial charge in [0, 0.05) is 6.42 Å². The third-order valence-electron chi connectivity index (χ3n) is 3.97. The van der Waals surface area contributed by atoms with Gasteiger partial charge in [-0.15, -0.1) is 33.4 Å². The lowest BCUT2D eigenvalue weighted by Crippen LogP contribution is -2.32. The van der Waals surface area contributed by atoms with Crippen molar-refractivity contribution in [3.63, 3.8) is 0 Å². The Morgan fingerprint density at radius 1 is 1.04 bits per heavy atom. The van der Waals surface area contributed by atoms with Crippen LogP contribution < -0.4 is 5.32 Å². The number of alkyl halides is 8. The van der Waals surface area contributed by atoms with Crippen molar-refractivity contribution in [3.05, 3.63) is 40.4 Å². The Hall–Kier alpha value is -1.59. The van der Waals surface area contributed by atoms with Gasteiger partial charge in [0.25, 0.3) is 0 Å². The van der Waals surface area contributed by atoms with Crippen LogP contribution in [0.15, 0.2) is 24.3 Å². The van der Waals surface area contributed by atoms with Crippen LogP contribution in [0, 0.1) is 0 Å². The van der Waals surface area contributed by atoms with E-state index in [-0.39, 0.29) is 23.3 Å². The van der Waals surface area contributed by atoms with Crippen molar-refractivity contribution < 1.29 is 31.1 Å². The Kier molecular flexibility index (Phi) is 4.64. The van der Waals surface area contributed by atoms with Crippen LogP contribution >= 0.6 is 34.5 Å². The normalized spacial score (nSPS) is 21.8. The average molecular weight is 450 g/mol. The topological polar surface area (TPSA) is 54.9 Å². The summed E-state index contributed by atoms with van der Waals surface area (Å²) in [6.07, 6.45) is -9.43. The number of nitrogens with one attached hydrogen (secondary N) is 1. The number of carbonyl (C=O) groups excluding carboxylic acids is 1. The SMILES string of the molecule is O=C(Nc1nnc(C(F)(F)F)s1)C1(c2ccc(C(F)(F)F)cc2)CC1(Cl)Cl. The minimum absolute atomic E-state index is 0.0959. The largest absolute Gasteiger partial charge is 0.445 e. The number of amides is 1. The lowest BCUT2D eigenvalue weighted by atomic mass is 9.94. The van der Waals surface area contributed by atoms with E-state index in [0.29, 0.717) is 0 Å². The highest BCUT2D eigenvalue weighted by atomic mass is 35.5. The Balaban J connectivity index is 1.87. The first-order chi connectivity index (χ1) is 12.3. The molecule has 1 aromatic carbocycles. The predicted molar refractivity (Wildman–Crippen MR) is 85.7 cm³/mol. The number of carbonyl (C=O) groups is 1. The molecule has 1 aromatic heterocycles. The third kappa shape index (κ3) is 3.59. The minimum Gasteiger partial charge on any atom is -0.300 e. The standard InChI is InChI=1S/C14H7Cl2F6N3OS/c15-12(16)5-11(12,6-1-3-7(4-2-6)13(17,18)19)8(26)23-10-25-24-9(27-10)14(20,21)22/h1-4H,5H2,(H,23,25,26). The molecule has 1 aliphatic rings. The van der Waals surface area contributed by atoms with Gasteiger partial charge in [-0.2, -0.15) is 26.3 Å². The Morgan fingerprint density at radius 2 is 1.59 bits per heavy atom. The quantitative estimate of drug-likeness (QED) is 0.528. The fourth-order valence-electron chi connectivity index (χ4n) is 2.52. The van der Waals surface area contributed by atoms with E-state index in [1.165, 1.54) is 0 Å². The maximum atomic E-state index is 12.7. The highest BCUT2D eigenvalue weighted by Crippen LogP contribution is 2.65. The van der Waals surface area contributed by atoms with Gasteiger partial charge < -0.3 is 0 Å². The lowest BCUT2D eigenvalue weighted by molar-refractivity contribution is -0.138. The number of rotatable bonds is 3. The number of anilines is 1. The monoisotopic (exact) mass is 449 g/mol. The summed E-state index contributed by atoms with van der Waals surface area (Å²) in [6.45, 7) is 0. The first kappa shape index (κ1) is 20.2. The van der Waals surface area contributed by atoms with Crippen molar-refractivity contribution in [1.82, 2.24) is 10.2 Å². The molecule has 1 saturated carbocycles. The van der Waals surface area contributed by atoms with Crippen molar-refractivity contribution in [2.75, 3.05) is 5.32 Å². The number of benzene rings is 1. The third-order valence-corrected chi connectivity index (χ3v) is 5.76. The first-order valence-corrected chi connectivity index (χ1v) is 8.62. The summed E-state index contributed by atoms with van der Waals surface area (Å²) in [5, 5.41) is 6.61. The summed E-state index contributed by atoms with van der Waals surface area (Å²) in [4.78, 5) is 12.6. The average Bonchev–Trinajstić information content (AvgIpc) is 2.89. The van der Waals surface area contributed by atoms with Gasteiger partial charge in [-0.1, -0.05) is 23.5 Å². The van der Waals surface area contributed by atoms with Gasteiger partial charge in [0.2, 0.25) is 16.0 Å². The second-order valence-corrected chi connectivity index (χ2v) is 8.19. The van der Waals surface area contributed by atoms with Crippen molar-refractivity contribution in [1.29, 1.82) is 0 Å². The molecule has 0 aliphatic heterocycles. The zero-order valence-corrected chi connectivity index (χ0v) is 15.1. The molecular formula is C14H7Cl2F6N3OS. The molecular weight excluding hydrogens is 443 g/mol. The van der Waals surface area contributed by atoms with Crippen molar-refractivity contribution in [2.45, 2.75) is 28.5 Å². The van der Waals surface area contributed by atoms with E-state index in [4.69, 9.17) is 23.2 Å². The summed E-state index contributed by atoms with van der Waals surface area (Å²) in [5.74, 6) is -0.892. The van der Waals surface area contributed by atoms with E-state index in [0.717, 1.165) is 24.3 Å². The predicted octanol–water partition coefficient (Wildman–Crippen LogP) is 5.03. The van der Waals surface area contributed by atoms with E-state index in [9.17, 15) is 31.1 Å². The molecule has 2 aromatic rings. The van der Waals surface area contributed by atoms with Crippen LogP contribution in [0.5, 0.6) is 0 Å². The van der Waals surface area contributed by atoms with Crippen LogP contribution in [-0.4, -0.2) is 20.4 Å². The molecule has 0 bridgehead atoms. The smallest absolute Gasteiger partial charge is 0.300 e. The second-order valence-electron chi connectivity index (χ2n) is 5.73. The maximum Gasteiger partial charge on any atom is 0.445 e. The van der Waals surface area contributed by atoms with Crippen LogP contribution in [0.25, 0.3) is 0 Å². The molecule has 0 spiro atoms. The van der Waals surface area contributed by atoms with Crippen LogP contribution in [0.1, 0.15) is 22.6 Å². The Labute approximate surface area is 161 Å². The molecule has 4 nitrogen and oxygen atoms in total. The fraction of sp³-hybridized carbons (Fsp3) is 0.357. The highest BCUT2D eigenvalue weighted by molar-refractivity contribution is 7.15. The summed E-state index contributed by atoms with van der Waals surface area (Å²) in [5.41, 5.74) is -2.46. The first-order valence-electron chi connectivity index (χ1n) is 7.05. The van der Waals surface area contributed by atoms with Crippen molar-refractivity contribution >= 4 is 45.6 Å². The van der Waals surface area contributed by atoms with Crippen molar-refractivity contribution in [2.24, 2.45) is 0 Å². The number of hydrogen-bond acceptors (Lipinski definition) is 4. The van der Waals surface area contributed by atoms with E-state index in [1.54, 1.807) is 0 Å². The summed E-state index contributed by atoms with van der Waals surface area (Å²) in [6, 6.07) is 3.63. The molecule has 1 fully saturated rings.